The number of pyridine rings is 1. The first-order valence-corrected chi connectivity index (χ1v) is 12.7. The lowest BCUT2D eigenvalue weighted by atomic mass is 9.99. The van der Waals surface area contributed by atoms with E-state index in [4.69, 9.17) is 9.72 Å². The van der Waals surface area contributed by atoms with Crippen LogP contribution in [-0.4, -0.2) is 60.7 Å². The Bertz CT molecular complexity index is 1340. The molecule has 7 nitrogen and oxygen atoms in total. The molecular weight excluding hydrogens is 458 g/mol. The molecule has 0 unspecified atom stereocenters. The molecule has 1 fully saturated rings. The largest absolute Gasteiger partial charge is 0.462 e. The number of hydrogen-bond donors (Lipinski definition) is 1. The van der Waals surface area contributed by atoms with Crippen LogP contribution in [0.4, 0.5) is 16.5 Å². The number of esters is 1. The van der Waals surface area contributed by atoms with E-state index in [-0.39, 0.29) is 5.97 Å². The minimum atomic E-state index is -0.318. The number of rotatable bonds is 6. The first-order chi connectivity index (χ1) is 17.0. The molecule has 0 aliphatic carbocycles. The highest BCUT2D eigenvalue weighted by atomic mass is 32.1. The van der Waals surface area contributed by atoms with Gasteiger partial charge in [-0.15, -0.1) is 0 Å². The minimum Gasteiger partial charge on any atom is -0.462 e. The summed E-state index contributed by atoms with van der Waals surface area (Å²) in [7, 11) is 2.17. The van der Waals surface area contributed by atoms with E-state index in [0.717, 1.165) is 64.0 Å². The van der Waals surface area contributed by atoms with Crippen LogP contribution in [0.25, 0.3) is 21.5 Å². The predicted molar refractivity (Wildman–Crippen MR) is 143 cm³/mol. The summed E-state index contributed by atoms with van der Waals surface area (Å²) in [5.74, 6) is -0.318. The maximum absolute atomic E-state index is 12.2. The number of hydrogen-bond acceptors (Lipinski definition) is 8. The second kappa shape index (κ2) is 10.0. The normalized spacial score (nSPS) is 14.3. The highest BCUT2D eigenvalue weighted by molar-refractivity contribution is 7.21. The van der Waals surface area contributed by atoms with Crippen LogP contribution in [0.3, 0.4) is 0 Å². The van der Waals surface area contributed by atoms with Crippen LogP contribution in [0.2, 0.25) is 0 Å². The number of fused-ring (bicyclic) bond motifs is 1. The summed E-state index contributed by atoms with van der Waals surface area (Å²) in [6.07, 6.45) is 1.84. The fourth-order valence-electron chi connectivity index (χ4n) is 4.24. The molecule has 0 amide bonds. The van der Waals surface area contributed by atoms with Crippen molar-refractivity contribution in [1.82, 2.24) is 14.9 Å². The van der Waals surface area contributed by atoms with Crippen LogP contribution in [0.5, 0.6) is 0 Å². The molecule has 1 saturated heterocycles. The predicted octanol–water partition coefficient (Wildman–Crippen LogP) is 5.34. The first-order valence-electron chi connectivity index (χ1n) is 11.9. The van der Waals surface area contributed by atoms with E-state index in [0.29, 0.717) is 12.2 Å². The van der Waals surface area contributed by atoms with Gasteiger partial charge in [0.2, 0.25) is 0 Å². The molecule has 8 heteroatoms. The minimum absolute atomic E-state index is 0.318. The van der Waals surface area contributed by atoms with E-state index in [1.54, 1.807) is 13.0 Å². The van der Waals surface area contributed by atoms with Gasteiger partial charge in [0.1, 0.15) is 10.3 Å². The van der Waals surface area contributed by atoms with Crippen molar-refractivity contribution >= 4 is 44.2 Å². The van der Waals surface area contributed by atoms with Gasteiger partial charge in [-0.2, -0.15) is 0 Å². The summed E-state index contributed by atoms with van der Waals surface area (Å²) in [4.78, 5) is 27.2. The Kier molecular flexibility index (Phi) is 6.66. The molecule has 0 radical (unpaired) electrons. The molecule has 1 aliphatic rings. The van der Waals surface area contributed by atoms with Crippen LogP contribution >= 0.6 is 11.3 Å². The number of likely N-dealkylation sites (N-methyl/N-ethyl adjacent to an activating group) is 1. The molecule has 5 rings (SSSR count). The summed E-state index contributed by atoms with van der Waals surface area (Å²) in [5, 5.41) is 4.22. The average molecular weight is 488 g/mol. The molecule has 0 spiro atoms. The second-order valence-corrected chi connectivity index (χ2v) is 9.76. The number of aromatic nitrogens is 2. The molecule has 0 bridgehead atoms. The van der Waals surface area contributed by atoms with Gasteiger partial charge in [0.15, 0.2) is 5.13 Å². The van der Waals surface area contributed by atoms with Crippen LogP contribution < -0.4 is 10.2 Å². The monoisotopic (exact) mass is 487 g/mol. The van der Waals surface area contributed by atoms with Crippen LogP contribution in [0.1, 0.15) is 22.8 Å². The van der Waals surface area contributed by atoms with E-state index in [1.165, 1.54) is 17.0 Å². The summed E-state index contributed by atoms with van der Waals surface area (Å²) in [6.45, 7) is 8.47. The highest BCUT2D eigenvalue weighted by Gasteiger charge is 2.15. The van der Waals surface area contributed by atoms with Crippen molar-refractivity contribution < 1.29 is 9.53 Å². The number of carbonyl (C=O) groups excluding carboxylic acids is 1. The molecule has 2 aromatic carbocycles. The molecule has 1 N–H and O–H groups in total. The number of ether oxygens (including phenoxy) is 1. The van der Waals surface area contributed by atoms with E-state index in [2.05, 4.69) is 51.4 Å². The lowest BCUT2D eigenvalue weighted by Crippen LogP contribution is -2.44. The smallest absolute Gasteiger partial charge is 0.338 e. The SMILES string of the molecule is CCOC(=O)c1ccc(C)c(-c2cnc3sc(Nc4ccc(N5CCN(C)CC5)cc4)nc3c2)c1. The average Bonchev–Trinajstić information content (AvgIpc) is 3.27. The summed E-state index contributed by atoms with van der Waals surface area (Å²) in [5.41, 5.74) is 6.55. The van der Waals surface area contributed by atoms with Crippen LogP contribution in [0, 0.1) is 6.92 Å². The Morgan fingerprint density at radius 1 is 1.09 bits per heavy atom. The number of anilines is 3. The number of piperazine rings is 1. The highest BCUT2D eigenvalue weighted by Crippen LogP contribution is 2.32. The quantitative estimate of drug-likeness (QED) is 0.368. The van der Waals surface area contributed by atoms with Crippen molar-refractivity contribution in [2.75, 3.05) is 50.1 Å². The van der Waals surface area contributed by atoms with Gasteiger partial charge in [-0.05, 0) is 74.5 Å². The maximum Gasteiger partial charge on any atom is 0.338 e. The molecule has 3 heterocycles. The lowest BCUT2D eigenvalue weighted by molar-refractivity contribution is 0.0526. The Labute approximate surface area is 209 Å². The summed E-state index contributed by atoms with van der Waals surface area (Å²) in [6, 6.07) is 16.1. The topological polar surface area (TPSA) is 70.6 Å². The molecule has 2 aromatic heterocycles. The van der Waals surface area contributed by atoms with Gasteiger partial charge in [-0.1, -0.05) is 17.4 Å². The zero-order valence-electron chi connectivity index (χ0n) is 20.2. The summed E-state index contributed by atoms with van der Waals surface area (Å²) < 4.78 is 5.16. The number of nitrogens with zero attached hydrogens (tertiary/aromatic N) is 4. The van der Waals surface area contributed by atoms with Gasteiger partial charge < -0.3 is 19.9 Å². The molecule has 0 saturated carbocycles. The molecule has 35 heavy (non-hydrogen) atoms. The van der Waals surface area contributed by atoms with Gasteiger partial charge in [-0.25, -0.2) is 14.8 Å². The van der Waals surface area contributed by atoms with Crippen LogP contribution in [-0.2, 0) is 4.74 Å². The van der Waals surface area contributed by atoms with Gasteiger partial charge in [0, 0.05) is 49.3 Å². The molecular formula is C27H29N5O2S. The zero-order chi connectivity index (χ0) is 24.4. The lowest BCUT2D eigenvalue weighted by Gasteiger charge is -2.34. The zero-order valence-corrected chi connectivity index (χ0v) is 21.1. The molecule has 4 aromatic rings. The van der Waals surface area contributed by atoms with E-state index in [1.807, 2.05) is 31.3 Å². The Hall–Kier alpha value is -3.49. The molecule has 0 atom stereocenters. The molecule has 1 aliphatic heterocycles. The van der Waals surface area contributed by atoms with Crippen molar-refractivity contribution in [3.63, 3.8) is 0 Å². The summed E-state index contributed by atoms with van der Waals surface area (Å²) >= 11 is 1.52. The first kappa shape index (κ1) is 23.3. The third kappa shape index (κ3) is 5.13. The Morgan fingerprint density at radius 3 is 2.60 bits per heavy atom. The third-order valence-corrected chi connectivity index (χ3v) is 7.19. The van der Waals surface area contributed by atoms with Crippen molar-refractivity contribution in [3.8, 4) is 11.1 Å². The van der Waals surface area contributed by atoms with Gasteiger partial charge in [0.05, 0.1) is 12.2 Å². The van der Waals surface area contributed by atoms with E-state index >= 15 is 0 Å². The van der Waals surface area contributed by atoms with Crippen molar-refractivity contribution in [3.05, 3.63) is 65.9 Å². The number of benzene rings is 2. The number of carbonyl (C=O) groups is 1. The second-order valence-electron chi connectivity index (χ2n) is 8.78. The van der Waals surface area contributed by atoms with Crippen molar-refractivity contribution in [1.29, 1.82) is 0 Å². The van der Waals surface area contributed by atoms with Crippen LogP contribution in [0.15, 0.2) is 54.7 Å². The van der Waals surface area contributed by atoms with Gasteiger partial charge in [0.25, 0.3) is 0 Å². The fourth-order valence-corrected chi connectivity index (χ4v) is 5.05. The third-order valence-electron chi connectivity index (χ3n) is 6.29. The maximum atomic E-state index is 12.2. The number of thiazole rings is 1. The van der Waals surface area contributed by atoms with E-state index < -0.39 is 0 Å². The molecule has 180 valence electrons. The Balaban J connectivity index is 1.34. The van der Waals surface area contributed by atoms with Crippen molar-refractivity contribution in [2.24, 2.45) is 0 Å². The Morgan fingerprint density at radius 2 is 1.86 bits per heavy atom. The van der Waals surface area contributed by atoms with E-state index in [9.17, 15) is 4.79 Å². The van der Waals surface area contributed by atoms with Gasteiger partial charge >= 0.3 is 5.97 Å². The fraction of sp³-hybridized carbons (Fsp3) is 0.296. The standard InChI is InChI=1S/C27H29N5O2S/c1-4-34-26(33)19-6-5-18(2)23(15-19)20-16-24-25(28-17-20)35-27(30-24)29-21-7-9-22(10-8-21)32-13-11-31(3)12-14-32/h5-10,15-17H,4,11-14H2,1-3H3,(H,29,30). The van der Waals surface area contributed by atoms with Gasteiger partial charge in [-0.3, -0.25) is 0 Å². The number of aryl methyl sites for hydroxylation is 1. The number of nitrogens with one attached hydrogen (secondary N) is 1. The van der Waals surface area contributed by atoms with Crippen molar-refractivity contribution in [2.45, 2.75) is 13.8 Å².